The Hall–Kier alpha value is -2.59. The Labute approximate surface area is 247 Å². The van der Waals surface area contributed by atoms with Crippen LogP contribution in [0.3, 0.4) is 0 Å². The molecule has 0 heterocycles. The Balaban J connectivity index is 7.69. The van der Waals surface area contributed by atoms with Crippen LogP contribution >= 0.6 is 0 Å². The molecule has 4 atom stereocenters. The van der Waals surface area contributed by atoms with Gasteiger partial charge >= 0.3 is 90.7 Å². The Bertz CT molecular complexity index is 1230. The molecule has 0 radical (unpaired) electrons. The normalized spacial score (nSPS) is 20.4. The van der Waals surface area contributed by atoms with E-state index in [1.165, 1.54) is 0 Å². The van der Waals surface area contributed by atoms with E-state index >= 15 is 0 Å². The molecular formula is C15F30O5. The van der Waals surface area contributed by atoms with Crippen molar-refractivity contribution in [3.05, 3.63) is 0 Å². The van der Waals surface area contributed by atoms with Crippen LogP contribution in [0.2, 0.25) is 0 Å². The van der Waals surface area contributed by atoms with Gasteiger partial charge in [0.05, 0.1) is 0 Å². The van der Waals surface area contributed by atoms with Crippen LogP contribution in [-0.4, -0.2) is 90.7 Å². The van der Waals surface area contributed by atoms with Crippen molar-refractivity contribution >= 4 is 6.04 Å². The molecule has 0 aliphatic rings. The molecule has 0 aromatic rings. The zero-order valence-corrected chi connectivity index (χ0v) is 20.9. The van der Waals surface area contributed by atoms with Gasteiger partial charge in [-0.1, -0.05) is 0 Å². The second-order valence-electron chi connectivity index (χ2n) is 8.19. The minimum absolute atomic E-state index is 0.788. The minimum Gasteiger partial charge on any atom is -0.263 e. The molecular weight excluding hydrogens is 830 g/mol. The molecule has 0 fully saturated rings. The first-order valence-electron chi connectivity index (χ1n) is 10.0. The van der Waals surface area contributed by atoms with Crippen LogP contribution < -0.4 is 0 Å². The van der Waals surface area contributed by atoms with Gasteiger partial charge in [0, 0.05) is 0 Å². The largest absolute Gasteiger partial charge is 0.462 e. The van der Waals surface area contributed by atoms with E-state index in [1.807, 2.05) is 0 Å². The quantitative estimate of drug-likeness (QED) is 0.137. The molecule has 0 aliphatic heterocycles. The van der Waals surface area contributed by atoms with Gasteiger partial charge in [0.1, 0.15) is 0 Å². The Morgan fingerprint density at radius 1 is 0.300 bits per heavy atom. The molecule has 0 aliphatic carbocycles. The second kappa shape index (κ2) is 12.2. The molecule has 0 saturated heterocycles. The lowest BCUT2D eigenvalue weighted by molar-refractivity contribution is -0.592. The standard InChI is InChI=1S/C15F30O5/c16-1(46)2(17,7(23,24)25)47-13(40,41)4(20,9(29,30)31)49-15(44,45)6(22,11(35,36)37)50-14(42,43)5(21,10(32,33)34)48-12(38,39)3(18,19)8(26,27)28. The maximum Gasteiger partial charge on any atom is 0.462 e. The van der Waals surface area contributed by atoms with E-state index in [0.29, 0.717) is 0 Å². The molecule has 0 rings (SSSR count). The summed E-state index contributed by atoms with van der Waals surface area (Å²) in [6.07, 6.45) is -78.1. The molecule has 35 heteroatoms. The zero-order chi connectivity index (χ0) is 41.4. The summed E-state index contributed by atoms with van der Waals surface area (Å²) in [6, 6.07) is -5.18. The fourth-order valence-corrected chi connectivity index (χ4v) is 2.19. The monoisotopic (exact) mass is 830 g/mol. The first-order chi connectivity index (χ1) is 21.0. The van der Waals surface area contributed by atoms with Gasteiger partial charge in [-0.2, -0.15) is 132 Å². The van der Waals surface area contributed by atoms with E-state index in [4.69, 9.17) is 0 Å². The number of rotatable bonds is 13. The predicted molar refractivity (Wildman–Crippen MR) is 80.8 cm³/mol. The van der Waals surface area contributed by atoms with Gasteiger partial charge in [0.25, 0.3) is 0 Å². The molecule has 0 saturated carbocycles. The first-order valence-corrected chi connectivity index (χ1v) is 10.0. The number of hydrogen-bond acceptors (Lipinski definition) is 5. The van der Waals surface area contributed by atoms with Crippen molar-refractivity contribution in [2.75, 3.05) is 0 Å². The van der Waals surface area contributed by atoms with Crippen LogP contribution in [0.1, 0.15) is 0 Å². The maximum atomic E-state index is 14.3. The topological polar surface area (TPSA) is 54.0 Å². The lowest BCUT2D eigenvalue weighted by atomic mass is 10.2. The lowest BCUT2D eigenvalue weighted by Crippen LogP contribution is -2.72. The lowest BCUT2D eigenvalue weighted by Gasteiger charge is -2.43. The van der Waals surface area contributed by atoms with Crippen molar-refractivity contribution < 1.29 is 155 Å². The summed E-state index contributed by atoms with van der Waals surface area (Å²) in [5.41, 5.74) is 0. The van der Waals surface area contributed by atoms with Crippen LogP contribution in [-0.2, 0) is 23.7 Å². The van der Waals surface area contributed by atoms with E-state index < -0.39 is 90.7 Å². The van der Waals surface area contributed by atoms with E-state index in [1.54, 1.807) is 0 Å². The number of alkyl halides is 29. The summed E-state index contributed by atoms with van der Waals surface area (Å²) >= 11 is 0. The van der Waals surface area contributed by atoms with Gasteiger partial charge < -0.3 is 0 Å². The van der Waals surface area contributed by atoms with Crippen molar-refractivity contribution in [2.24, 2.45) is 0 Å². The fraction of sp³-hybridized carbons (Fsp3) is 0.933. The van der Waals surface area contributed by atoms with Crippen molar-refractivity contribution in [3.63, 3.8) is 0 Å². The summed E-state index contributed by atoms with van der Waals surface area (Å²) in [6.45, 7) is 0. The van der Waals surface area contributed by atoms with Crippen molar-refractivity contribution in [2.45, 2.75) is 84.7 Å². The minimum atomic E-state index is -9.29. The molecule has 0 bridgehead atoms. The molecule has 0 spiro atoms. The zero-order valence-electron chi connectivity index (χ0n) is 20.9. The van der Waals surface area contributed by atoms with Crippen molar-refractivity contribution in [1.82, 2.24) is 0 Å². The maximum absolute atomic E-state index is 14.3. The molecule has 0 amide bonds. The average molecular weight is 830 g/mol. The van der Waals surface area contributed by atoms with Crippen LogP contribution in [0, 0.1) is 0 Å². The molecule has 4 unspecified atom stereocenters. The summed E-state index contributed by atoms with van der Waals surface area (Å²) < 4.78 is 397. The highest BCUT2D eigenvalue weighted by Crippen LogP contribution is 2.61. The predicted octanol–water partition coefficient (Wildman–Crippen LogP) is 9.03. The highest BCUT2D eigenvalue weighted by Gasteiger charge is 2.90. The van der Waals surface area contributed by atoms with E-state index in [0.717, 1.165) is 18.9 Å². The third-order valence-corrected chi connectivity index (χ3v) is 4.63. The van der Waals surface area contributed by atoms with Crippen LogP contribution in [0.25, 0.3) is 0 Å². The second-order valence-corrected chi connectivity index (χ2v) is 8.19. The number of carbonyl (C=O) groups is 1. The SMILES string of the molecule is O=C(F)C(F)(OC(F)(F)C(F)(OC(F)(F)C(F)(OC(F)(F)C(F)(OC(F)(F)C(F)(F)C(F)(F)F)C(F)(F)F)C(F)(F)F)C(F)(F)F)C(F)(F)F. The van der Waals surface area contributed by atoms with Gasteiger partial charge in [-0.15, -0.1) is 0 Å². The number of carbonyl (C=O) groups excluding carboxylic acids is 1. The summed E-state index contributed by atoms with van der Waals surface area (Å²) in [7, 11) is 0. The van der Waals surface area contributed by atoms with E-state index in [2.05, 4.69) is 0 Å². The average Bonchev–Trinajstić information content (AvgIpc) is 2.78. The van der Waals surface area contributed by atoms with Crippen LogP contribution in [0.4, 0.5) is 132 Å². The van der Waals surface area contributed by atoms with Gasteiger partial charge in [-0.05, 0) is 0 Å². The first kappa shape index (κ1) is 47.4. The number of halogens is 30. The number of hydrogen-bond donors (Lipinski definition) is 0. The Kier molecular flexibility index (Phi) is 11.6. The van der Waals surface area contributed by atoms with Crippen molar-refractivity contribution in [1.29, 1.82) is 0 Å². The molecule has 0 aromatic heterocycles. The molecule has 5 nitrogen and oxygen atoms in total. The number of ether oxygens (including phenoxy) is 4. The van der Waals surface area contributed by atoms with Crippen LogP contribution in [0.5, 0.6) is 0 Å². The van der Waals surface area contributed by atoms with Gasteiger partial charge in [0.15, 0.2) is 0 Å². The van der Waals surface area contributed by atoms with E-state index in [9.17, 15) is 137 Å². The highest BCUT2D eigenvalue weighted by molar-refractivity contribution is 5.77. The molecule has 0 aromatic carbocycles. The molecule has 50 heavy (non-hydrogen) atoms. The third kappa shape index (κ3) is 7.62. The smallest absolute Gasteiger partial charge is 0.263 e. The Morgan fingerprint density at radius 3 is 0.700 bits per heavy atom. The van der Waals surface area contributed by atoms with Gasteiger partial charge in [0.2, 0.25) is 0 Å². The summed E-state index contributed by atoms with van der Waals surface area (Å²) in [5, 5.41) is 0. The van der Waals surface area contributed by atoms with Gasteiger partial charge in [-0.3, -0.25) is 23.7 Å². The fourth-order valence-electron chi connectivity index (χ4n) is 2.19. The summed E-state index contributed by atoms with van der Waals surface area (Å²) in [5.74, 6) is -43.6. The highest BCUT2D eigenvalue weighted by atomic mass is 19.4. The van der Waals surface area contributed by atoms with Crippen LogP contribution in [0.15, 0.2) is 0 Å². The Morgan fingerprint density at radius 2 is 0.520 bits per heavy atom. The third-order valence-electron chi connectivity index (χ3n) is 4.63. The molecule has 0 N–H and O–H groups in total. The van der Waals surface area contributed by atoms with Crippen molar-refractivity contribution in [3.8, 4) is 0 Å². The summed E-state index contributed by atoms with van der Waals surface area (Å²) in [4.78, 5) is 10.1. The molecule has 300 valence electrons. The van der Waals surface area contributed by atoms with E-state index in [-0.39, 0.29) is 0 Å². The van der Waals surface area contributed by atoms with Gasteiger partial charge in [-0.25, -0.2) is 0 Å².